The fourth-order valence-electron chi connectivity index (χ4n) is 2.27. The molecule has 5 nitrogen and oxygen atoms in total. The van der Waals surface area contributed by atoms with Crippen LogP contribution >= 0.6 is 0 Å². The van der Waals surface area contributed by atoms with Crippen molar-refractivity contribution in [2.24, 2.45) is 23.3 Å². The maximum atomic E-state index is 11.8. The maximum absolute atomic E-state index is 11.8. The number of nitrogens with one attached hydrogen (secondary N) is 1. The maximum Gasteiger partial charge on any atom is 0.239 e. The number of rotatable bonds is 3. The van der Waals surface area contributed by atoms with Gasteiger partial charge < -0.3 is 16.8 Å². The molecule has 0 aliphatic heterocycles. The van der Waals surface area contributed by atoms with Gasteiger partial charge in [0.2, 0.25) is 11.8 Å². The Labute approximate surface area is 95.9 Å². The predicted molar refractivity (Wildman–Crippen MR) is 61.3 cm³/mol. The van der Waals surface area contributed by atoms with Gasteiger partial charge in [-0.1, -0.05) is 6.92 Å². The smallest absolute Gasteiger partial charge is 0.239 e. The molecule has 0 spiro atoms. The van der Waals surface area contributed by atoms with Crippen molar-refractivity contribution in [3.63, 3.8) is 0 Å². The summed E-state index contributed by atoms with van der Waals surface area (Å²) in [6.45, 7) is 3.68. The molecule has 4 unspecified atom stereocenters. The molecular weight excluding hydrogens is 206 g/mol. The van der Waals surface area contributed by atoms with E-state index in [1.807, 2.05) is 0 Å². The zero-order valence-corrected chi connectivity index (χ0v) is 9.90. The minimum atomic E-state index is -0.610. The van der Waals surface area contributed by atoms with Crippen LogP contribution in [0.1, 0.15) is 33.1 Å². The second-order valence-electron chi connectivity index (χ2n) is 4.90. The molecule has 5 heteroatoms. The molecule has 1 rings (SSSR count). The molecule has 4 atom stereocenters. The van der Waals surface area contributed by atoms with Gasteiger partial charge in [0, 0.05) is 12.0 Å². The van der Waals surface area contributed by atoms with Crippen molar-refractivity contribution in [3.8, 4) is 0 Å². The predicted octanol–water partition coefficient (Wildman–Crippen LogP) is -0.260. The van der Waals surface area contributed by atoms with Crippen LogP contribution in [0.5, 0.6) is 0 Å². The van der Waals surface area contributed by atoms with Crippen LogP contribution in [-0.2, 0) is 9.59 Å². The lowest BCUT2D eigenvalue weighted by Crippen LogP contribution is -2.47. The van der Waals surface area contributed by atoms with Gasteiger partial charge in [0.1, 0.15) is 6.04 Å². The lowest BCUT2D eigenvalue weighted by Gasteiger charge is -2.30. The average Bonchev–Trinajstić information content (AvgIpc) is 2.15. The van der Waals surface area contributed by atoms with E-state index in [0.29, 0.717) is 12.3 Å². The van der Waals surface area contributed by atoms with Crippen LogP contribution in [0.3, 0.4) is 0 Å². The summed E-state index contributed by atoms with van der Waals surface area (Å²) in [5.74, 6) is -0.237. The summed E-state index contributed by atoms with van der Waals surface area (Å²) in [7, 11) is 0. The highest BCUT2D eigenvalue weighted by Crippen LogP contribution is 2.28. The van der Waals surface area contributed by atoms with Crippen molar-refractivity contribution in [2.45, 2.75) is 45.2 Å². The summed E-state index contributed by atoms with van der Waals surface area (Å²) in [5, 5.41) is 2.62. The standard InChI is InChI=1S/C11H21N3O2/c1-6-3-8(5-9(12)4-6)11(16)14-7(2)10(13)15/h6-9H,3-5,12H2,1-2H3,(H2,13,15)(H,14,16). The number of amides is 2. The summed E-state index contributed by atoms with van der Waals surface area (Å²) >= 11 is 0. The zero-order valence-electron chi connectivity index (χ0n) is 9.90. The van der Waals surface area contributed by atoms with Gasteiger partial charge in [-0.2, -0.15) is 0 Å². The SMILES string of the molecule is CC1CC(N)CC(C(=O)NC(C)C(N)=O)C1. The number of carbonyl (C=O) groups is 2. The van der Waals surface area contributed by atoms with Crippen LogP contribution in [-0.4, -0.2) is 23.9 Å². The van der Waals surface area contributed by atoms with E-state index in [1.54, 1.807) is 6.92 Å². The van der Waals surface area contributed by atoms with Crippen molar-refractivity contribution >= 4 is 11.8 Å². The van der Waals surface area contributed by atoms with E-state index in [1.165, 1.54) is 0 Å². The fraction of sp³-hybridized carbons (Fsp3) is 0.818. The van der Waals surface area contributed by atoms with E-state index in [-0.39, 0.29) is 17.9 Å². The first-order valence-electron chi connectivity index (χ1n) is 5.75. The third-order valence-electron chi connectivity index (χ3n) is 3.14. The highest BCUT2D eigenvalue weighted by molar-refractivity contribution is 5.87. The van der Waals surface area contributed by atoms with E-state index < -0.39 is 11.9 Å². The van der Waals surface area contributed by atoms with Gasteiger partial charge in [0.05, 0.1) is 0 Å². The van der Waals surface area contributed by atoms with Gasteiger partial charge in [-0.15, -0.1) is 0 Å². The molecule has 5 N–H and O–H groups in total. The Morgan fingerprint density at radius 3 is 2.44 bits per heavy atom. The van der Waals surface area contributed by atoms with E-state index in [0.717, 1.165) is 12.8 Å². The van der Waals surface area contributed by atoms with E-state index >= 15 is 0 Å². The number of hydrogen-bond acceptors (Lipinski definition) is 3. The van der Waals surface area contributed by atoms with Crippen LogP contribution in [0.2, 0.25) is 0 Å². The molecular formula is C11H21N3O2. The van der Waals surface area contributed by atoms with E-state index in [2.05, 4.69) is 12.2 Å². The summed E-state index contributed by atoms with van der Waals surface area (Å²) in [6.07, 6.45) is 2.50. The monoisotopic (exact) mass is 227 g/mol. The topological polar surface area (TPSA) is 98.2 Å². The van der Waals surface area contributed by atoms with Gasteiger partial charge in [-0.3, -0.25) is 9.59 Å². The molecule has 0 saturated heterocycles. The molecule has 0 aromatic rings. The number of primary amides is 1. The van der Waals surface area contributed by atoms with Crippen molar-refractivity contribution in [2.75, 3.05) is 0 Å². The van der Waals surface area contributed by atoms with Crippen LogP contribution in [0, 0.1) is 11.8 Å². The highest BCUT2D eigenvalue weighted by Gasteiger charge is 2.30. The fourth-order valence-corrected chi connectivity index (χ4v) is 2.27. The van der Waals surface area contributed by atoms with Crippen LogP contribution in [0.15, 0.2) is 0 Å². The Morgan fingerprint density at radius 1 is 1.31 bits per heavy atom. The Bertz CT molecular complexity index is 270. The van der Waals surface area contributed by atoms with Crippen LogP contribution in [0.25, 0.3) is 0 Å². The first kappa shape index (κ1) is 13.0. The first-order chi connectivity index (χ1) is 7.40. The second-order valence-corrected chi connectivity index (χ2v) is 4.90. The number of nitrogens with two attached hydrogens (primary N) is 2. The van der Waals surface area contributed by atoms with Gasteiger partial charge in [0.25, 0.3) is 0 Å². The molecule has 92 valence electrons. The number of hydrogen-bond donors (Lipinski definition) is 3. The third kappa shape index (κ3) is 3.48. The number of carbonyl (C=O) groups excluding carboxylic acids is 2. The van der Waals surface area contributed by atoms with Crippen molar-refractivity contribution in [3.05, 3.63) is 0 Å². The summed E-state index contributed by atoms with van der Waals surface area (Å²) in [4.78, 5) is 22.7. The Kier molecular flexibility index (Phi) is 4.29. The van der Waals surface area contributed by atoms with Crippen molar-refractivity contribution in [1.82, 2.24) is 5.32 Å². The van der Waals surface area contributed by atoms with Crippen LogP contribution in [0.4, 0.5) is 0 Å². The molecule has 0 aromatic heterocycles. The molecule has 0 aromatic carbocycles. The quantitative estimate of drug-likeness (QED) is 0.619. The molecule has 2 amide bonds. The van der Waals surface area contributed by atoms with Crippen molar-refractivity contribution in [1.29, 1.82) is 0 Å². The lowest BCUT2D eigenvalue weighted by molar-refractivity contribution is -0.130. The summed E-state index contributed by atoms with van der Waals surface area (Å²) in [5.41, 5.74) is 11.0. The molecule has 1 fully saturated rings. The zero-order chi connectivity index (χ0) is 12.3. The molecule has 0 radical (unpaired) electrons. The third-order valence-corrected chi connectivity index (χ3v) is 3.14. The Balaban J connectivity index is 2.50. The largest absolute Gasteiger partial charge is 0.368 e. The molecule has 1 aliphatic rings. The summed E-state index contributed by atoms with van der Waals surface area (Å²) in [6, 6.07) is -0.524. The lowest BCUT2D eigenvalue weighted by atomic mass is 9.79. The van der Waals surface area contributed by atoms with Crippen LogP contribution < -0.4 is 16.8 Å². The van der Waals surface area contributed by atoms with Gasteiger partial charge in [-0.25, -0.2) is 0 Å². The van der Waals surface area contributed by atoms with Crippen molar-refractivity contribution < 1.29 is 9.59 Å². The molecule has 1 aliphatic carbocycles. The van der Waals surface area contributed by atoms with Gasteiger partial charge in [-0.05, 0) is 32.1 Å². The molecule has 0 bridgehead atoms. The molecule has 16 heavy (non-hydrogen) atoms. The average molecular weight is 227 g/mol. The van der Waals surface area contributed by atoms with E-state index in [4.69, 9.17) is 11.5 Å². The second kappa shape index (κ2) is 5.30. The van der Waals surface area contributed by atoms with Gasteiger partial charge >= 0.3 is 0 Å². The normalized spacial score (nSPS) is 31.8. The molecule has 0 heterocycles. The minimum absolute atomic E-state index is 0.0828. The van der Waals surface area contributed by atoms with E-state index in [9.17, 15) is 9.59 Å². The first-order valence-corrected chi connectivity index (χ1v) is 5.75. The highest BCUT2D eigenvalue weighted by atomic mass is 16.2. The minimum Gasteiger partial charge on any atom is -0.368 e. The molecule has 1 saturated carbocycles. The Morgan fingerprint density at radius 2 is 1.94 bits per heavy atom. The Hall–Kier alpha value is -1.10. The summed E-state index contributed by atoms with van der Waals surface area (Å²) < 4.78 is 0. The van der Waals surface area contributed by atoms with Gasteiger partial charge in [0.15, 0.2) is 0 Å².